The molecule has 3 N–H and O–H groups in total. The Hall–Kier alpha value is -1.39. The highest BCUT2D eigenvalue weighted by Crippen LogP contribution is 1.97. The summed E-state index contributed by atoms with van der Waals surface area (Å²) in [5.41, 5.74) is 1.10. The first-order chi connectivity index (χ1) is 12.8. The molecule has 0 aliphatic carbocycles. The summed E-state index contributed by atoms with van der Waals surface area (Å²) in [4.78, 5) is 18.9. The Morgan fingerprint density at radius 3 is 2.59 bits per heavy atom. The van der Waals surface area contributed by atoms with Gasteiger partial charge >= 0.3 is 0 Å². The lowest BCUT2D eigenvalue weighted by Gasteiger charge is -2.25. The van der Waals surface area contributed by atoms with Crippen LogP contribution in [0.25, 0.3) is 0 Å². The molecule has 0 spiro atoms. The van der Waals surface area contributed by atoms with Crippen molar-refractivity contribution in [2.45, 2.75) is 19.9 Å². The van der Waals surface area contributed by atoms with Gasteiger partial charge in [0.2, 0.25) is 5.91 Å². The summed E-state index contributed by atoms with van der Waals surface area (Å²) in [6.07, 6.45) is 0.417. The molecule has 2 rings (SSSR count). The van der Waals surface area contributed by atoms with Gasteiger partial charge in [-0.1, -0.05) is 30.3 Å². The van der Waals surface area contributed by atoms with E-state index in [2.05, 4.69) is 25.8 Å². The van der Waals surface area contributed by atoms with E-state index in [1.807, 2.05) is 37.3 Å². The summed E-state index contributed by atoms with van der Waals surface area (Å²) >= 11 is 0. The second-order valence-electron chi connectivity index (χ2n) is 6.15. The zero-order valence-electron chi connectivity index (χ0n) is 16.1. The molecule has 0 atom stereocenters. The Balaban J connectivity index is 0.00000364. The molecule has 1 fully saturated rings. The van der Waals surface area contributed by atoms with Crippen LogP contribution in [0.1, 0.15) is 18.9 Å². The van der Waals surface area contributed by atoms with Gasteiger partial charge in [0.1, 0.15) is 0 Å². The van der Waals surface area contributed by atoms with Crippen LogP contribution in [0.3, 0.4) is 0 Å². The summed E-state index contributed by atoms with van der Waals surface area (Å²) in [7, 11) is 0. The third-order valence-corrected chi connectivity index (χ3v) is 4.11. The highest BCUT2D eigenvalue weighted by atomic mass is 127. The minimum Gasteiger partial charge on any atom is -0.379 e. The SMILES string of the molecule is CCNC(=NCCN1CCOCC1)NCCC(=O)NCc1ccccc1.I. The first-order valence-corrected chi connectivity index (χ1v) is 9.41. The number of hydrogen-bond acceptors (Lipinski definition) is 4. The fraction of sp³-hybridized carbons (Fsp3) is 0.579. The number of nitrogens with zero attached hydrogens (tertiary/aromatic N) is 2. The summed E-state index contributed by atoms with van der Waals surface area (Å²) in [6.45, 7) is 9.17. The lowest BCUT2D eigenvalue weighted by molar-refractivity contribution is -0.121. The van der Waals surface area contributed by atoms with Gasteiger partial charge in [-0.15, -0.1) is 24.0 Å². The summed E-state index contributed by atoms with van der Waals surface area (Å²) < 4.78 is 5.35. The molecule has 1 saturated heterocycles. The summed E-state index contributed by atoms with van der Waals surface area (Å²) in [5.74, 6) is 0.794. The maximum Gasteiger partial charge on any atom is 0.222 e. The average molecular weight is 489 g/mol. The number of rotatable bonds is 9. The monoisotopic (exact) mass is 489 g/mol. The molecule has 1 heterocycles. The Morgan fingerprint density at radius 1 is 1.15 bits per heavy atom. The van der Waals surface area contributed by atoms with Crippen LogP contribution in [0.4, 0.5) is 0 Å². The van der Waals surface area contributed by atoms with E-state index in [0.717, 1.165) is 57.5 Å². The Bertz CT molecular complexity index is 550. The minimum atomic E-state index is 0. The Labute approximate surface area is 179 Å². The van der Waals surface area contributed by atoms with Crippen LogP contribution in [0, 0.1) is 0 Å². The van der Waals surface area contributed by atoms with Crippen LogP contribution in [-0.2, 0) is 16.1 Å². The number of hydrogen-bond donors (Lipinski definition) is 3. The molecule has 1 aliphatic rings. The number of nitrogens with one attached hydrogen (secondary N) is 3. The number of aliphatic imine (C=N–C) groups is 1. The molecule has 1 aromatic carbocycles. The number of halogens is 1. The second-order valence-corrected chi connectivity index (χ2v) is 6.15. The van der Waals surface area contributed by atoms with E-state index in [1.165, 1.54) is 0 Å². The van der Waals surface area contributed by atoms with Gasteiger partial charge in [-0.2, -0.15) is 0 Å². The van der Waals surface area contributed by atoms with Crippen molar-refractivity contribution < 1.29 is 9.53 Å². The van der Waals surface area contributed by atoms with Crippen molar-refractivity contribution in [2.24, 2.45) is 4.99 Å². The third-order valence-electron chi connectivity index (χ3n) is 4.11. The molecular formula is C19H32IN5O2. The van der Waals surface area contributed by atoms with Crippen LogP contribution < -0.4 is 16.0 Å². The molecule has 27 heavy (non-hydrogen) atoms. The largest absolute Gasteiger partial charge is 0.379 e. The van der Waals surface area contributed by atoms with E-state index in [4.69, 9.17) is 4.74 Å². The van der Waals surface area contributed by atoms with Gasteiger partial charge in [0.05, 0.1) is 19.8 Å². The standard InChI is InChI=1S/C19H31N5O2.HI/c1-2-20-19(22-10-11-24-12-14-26-15-13-24)21-9-8-18(25)23-16-17-6-4-3-5-7-17;/h3-7H,2,8-16H2,1H3,(H,23,25)(H2,20,21,22);1H. The number of amides is 1. The minimum absolute atomic E-state index is 0. The zero-order chi connectivity index (χ0) is 18.5. The zero-order valence-corrected chi connectivity index (χ0v) is 18.4. The van der Waals surface area contributed by atoms with Crippen molar-refractivity contribution in [3.8, 4) is 0 Å². The maximum absolute atomic E-state index is 11.9. The van der Waals surface area contributed by atoms with E-state index in [1.54, 1.807) is 0 Å². The Morgan fingerprint density at radius 2 is 1.89 bits per heavy atom. The number of morpholine rings is 1. The number of benzene rings is 1. The van der Waals surface area contributed by atoms with Gasteiger partial charge in [0, 0.05) is 45.7 Å². The van der Waals surface area contributed by atoms with Gasteiger partial charge < -0.3 is 20.7 Å². The molecule has 0 radical (unpaired) electrons. The molecule has 1 aromatic rings. The first-order valence-electron chi connectivity index (χ1n) is 9.41. The maximum atomic E-state index is 11.9. The van der Waals surface area contributed by atoms with Crippen molar-refractivity contribution in [3.05, 3.63) is 35.9 Å². The van der Waals surface area contributed by atoms with Crippen LogP contribution in [0.2, 0.25) is 0 Å². The fourth-order valence-electron chi connectivity index (χ4n) is 2.65. The number of ether oxygens (including phenoxy) is 1. The number of guanidine groups is 1. The molecule has 8 heteroatoms. The number of carbonyl (C=O) groups excluding carboxylic acids is 1. The lowest BCUT2D eigenvalue weighted by Crippen LogP contribution is -2.41. The first kappa shape index (κ1) is 23.6. The molecule has 0 unspecified atom stereocenters. The van der Waals surface area contributed by atoms with Crippen molar-refractivity contribution in [1.82, 2.24) is 20.9 Å². The van der Waals surface area contributed by atoms with Gasteiger partial charge in [0.15, 0.2) is 5.96 Å². The van der Waals surface area contributed by atoms with E-state index < -0.39 is 0 Å². The van der Waals surface area contributed by atoms with Crippen molar-refractivity contribution >= 4 is 35.8 Å². The smallest absolute Gasteiger partial charge is 0.222 e. The predicted octanol–water partition coefficient (Wildman–Crippen LogP) is 1.20. The molecular weight excluding hydrogens is 457 g/mol. The fourth-order valence-corrected chi connectivity index (χ4v) is 2.65. The topological polar surface area (TPSA) is 78.0 Å². The van der Waals surface area contributed by atoms with Crippen LogP contribution in [0.5, 0.6) is 0 Å². The van der Waals surface area contributed by atoms with Gasteiger partial charge in [-0.05, 0) is 12.5 Å². The van der Waals surface area contributed by atoms with E-state index >= 15 is 0 Å². The van der Waals surface area contributed by atoms with E-state index in [-0.39, 0.29) is 29.9 Å². The van der Waals surface area contributed by atoms with Crippen molar-refractivity contribution in [2.75, 3.05) is 52.5 Å². The quantitative estimate of drug-likeness (QED) is 0.276. The second kappa shape index (κ2) is 14.6. The lowest BCUT2D eigenvalue weighted by atomic mass is 10.2. The highest BCUT2D eigenvalue weighted by Gasteiger charge is 2.09. The van der Waals surface area contributed by atoms with E-state index in [0.29, 0.717) is 19.5 Å². The molecule has 0 bridgehead atoms. The Kier molecular flexibility index (Phi) is 12.8. The van der Waals surface area contributed by atoms with Crippen molar-refractivity contribution in [3.63, 3.8) is 0 Å². The predicted molar refractivity (Wildman–Crippen MR) is 120 cm³/mol. The van der Waals surface area contributed by atoms with Crippen LogP contribution in [-0.4, -0.2) is 69.2 Å². The normalized spacial score (nSPS) is 14.9. The van der Waals surface area contributed by atoms with Gasteiger partial charge in [-0.3, -0.25) is 14.7 Å². The van der Waals surface area contributed by atoms with Crippen molar-refractivity contribution in [1.29, 1.82) is 0 Å². The van der Waals surface area contributed by atoms with E-state index in [9.17, 15) is 4.79 Å². The van der Waals surface area contributed by atoms with Gasteiger partial charge in [0.25, 0.3) is 0 Å². The molecule has 0 aromatic heterocycles. The number of carbonyl (C=O) groups is 1. The van der Waals surface area contributed by atoms with Gasteiger partial charge in [-0.25, -0.2) is 0 Å². The van der Waals surface area contributed by atoms with Crippen LogP contribution in [0.15, 0.2) is 35.3 Å². The molecule has 1 aliphatic heterocycles. The third kappa shape index (κ3) is 10.5. The average Bonchev–Trinajstić information content (AvgIpc) is 2.68. The summed E-state index contributed by atoms with van der Waals surface area (Å²) in [5, 5.41) is 9.37. The summed E-state index contributed by atoms with van der Waals surface area (Å²) in [6, 6.07) is 9.92. The highest BCUT2D eigenvalue weighted by molar-refractivity contribution is 14.0. The molecule has 1 amide bonds. The van der Waals surface area contributed by atoms with Crippen LogP contribution >= 0.6 is 24.0 Å². The molecule has 152 valence electrons. The molecule has 7 nitrogen and oxygen atoms in total. The molecule has 0 saturated carbocycles.